The van der Waals surface area contributed by atoms with Crippen LogP contribution in [0.5, 0.6) is 0 Å². The summed E-state index contributed by atoms with van der Waals surface area (Å²) >= 11 is 0. The number of ketones is 1. The average Bonchev–Trinajstić information content (AvgIpc) is 2.93. The van der Waals surface area contributed by atoms with Crippen LogP contribution in [-0.2, 0) is 20.8 Å². The van der Waals surface area contributed by atoms with Gasteiger partial charge in [-0.2, -0.15) is 0 Å². The second-order valence-corrected chi connectivity index (χ2v) is 8.28. The largest absolute Gasteiger partial charge is 0.344 e. The molecule has 7 heteroatoms. The lowest BCUT2D eigenvalue weighted by Crippen LogP contribution is -2.52. The third-order valence-corrected chi connectivity index (χ3v) is 6.13. The van der Waals surface area contributed by atoms with E-state index in [9.17, 15) is 19.2 Å². The number of carbonyl (C=O) groups is 4. The summed E-state index contributed by atoms with van der Waals surface area (Å²) in [6.07, 6.45) is 5.39. The van der Waals surface area contributed by atoms with Crippen LogP contribution in [0.3, 0.4) is 0 Å². The fourth-order valence-corrected chi connectivity index (χ4v) is 4.35. The molecular weight excluding hydrogens is 370 g/mol. The minimum atomic E-state index is -0.957. The van der Waals surface area contributed by atoms with Gasteiger partial charge in [-0.1, -0.05) is 49.6 Å². The van der Waals surface area contributed by atoms with Crippen LogP contribution >= 0.6 is 0 Å². The molecule has 156 valence electrons. The van der Waals surface area contributed by atoms with Crippen molar-refractivity contribution in [2.75, 3.05) is 6.54 Å². The highest BCUT2D eigenvalue weighted by molar-refractivity contribution is 6.09. The number of urea groups is 1. The third kappa shape index (κ3) is 4.66. The van der Waals surface area contributed by atoms with Crippen LogP contribution in [0.1, 0.15) is 51.5 Å². The summed E-state index contributed by atoms with van der Waals surface area (Å²) in [7, 11) is 0. The summed E-state index contributed by atoms with van der Waals surface area (Å²) in [4.78, 5) is 50.9. The van der Waals surface area contributed by atoms with Gasteiger partial charge in [0.15, 0.2) is 5.78 Å². The molecule has 1 saturated heterocycles. The van der Waals surface area contributed by atoms with E-state index in [0.29, 0.717) is 6.42 Å². The van der Waals surface area contributed by atoms with Crippen LogP contribution in [-0.4, -0.2) is 46.7 Å². The van der Waals surface area contributed by atoms with Gasteiger partial charge in [0.1, 0.15) is 12.1 Å². The Bertz CT molecular complexity index is 789. The van der Waals surface area contributed by atoms with Crippen molar-refractivity contribution in [3.05, 3.63) is 35.9 Å². The average molecular weight is 399 g/mol. The van der Waals surface area contributed by atoms with Crippen molar-refractivity contribution in [3.63, 3.8) is 0 Å². The molecule has 29 heavy (non-hydrogen) atoms. The fourth-order valence-electron chi connectivity index (χ4n) is 4.35. The number of Topliss-reactive ketones (excluding diaryl/α,β-unsaturated/α-hetero) is 1. The summed E-state index contributed by atoms with van der Waals surface area (Å²) < 4.78 is 0. The van der Waals surface area contributed by atoms with Crippen molar-refractivity contribution in [2.24, 2.45) is 5.92 Å². The van der Waals surface area contributed by atoms with Crippen LogP contribution in [0, 0.1) is 5.92 Å². The normalized spacial score (nSPS) is 23.6. The summed E-state index contributed by atoms with van der Waals surface area (Å²) in [5.41, 5.74) is -0.0326. The van der Waals surface area contributed by atoms with Gasteiger partial charge < -0.3 is 10.6 Å². The molecule has 1 aliphatic heterocycles. The lowest BCUT2D eigenvalue weighted by atomic mass is 9.75. The maximum atomic E-state index is 13.0. The maximum Gasteiger partial charge on any atom is 0.325 e. The lowest BCUT2D eigenvalue weighted by Gasteiger charge is -2.34. The first-order valence-electron chi connectivity index (χ1n) is 10.3. The first-order valence-corrected chi connectivity index (χ1v) is 10.3. The zero-order valence-corrected chi connectivity index (χ0v) is 17.1. The van der Waals surface area contributed by atoms with Crippen molar-refractivity contribution in [1.82, 2.24) is 15.5 Å². The molecule has 1 saturated carbocycles. The Balaban J connectivity index is 1.63. The van der Waals surface area contributed by atoms with Gasteiger partial charge in [-0.3, -0.25) is 19.3 Å². The molecule has 4 amide bonds. The number of nitrogens with one attached hydrogen (secondary N) is 2. The van der Waals surface area contributed by atoms with Crippen molar-refractivity contribution in [2.45, 2.75) is 64.0 Å². The Kier molecular flexibility index (Phi) is 6.35. The molecule has 2 atom stereocenters. The summed E-state index contributed by atoms with van der Waals surface area (Å²) in [5, 5.41) is 5.49. The van der Waals surface area contributed by atoms with Gasteiger partial charge in [0.2, 0.25) is 5.91 Å². The Morgan fingerprint density at radius 2 is 1.83 bits per heavy atom. The van der Waals surface area contributed by atoms with E-state index in [1.807, 2.05) is 30.3 Å². The zero-order valence-electron chi connectivity index (χ0n) is 17.1. The molecule has 7 nitrogen and oxygen atoms in total. The minimum absolute atomic E-state index is 0.0869. The van der Waals surface area contributed by atoms with Gasteiger partial charge in [-0.25, -0.2) is 4.79 Å². The number of imide groups is 1. The van der Waals surface area contributed by atoms with E-state index in [-0.39, 0.29) is 24.2 Å². The lowest BCUT2D eigenvalue weighted by molar-refractivity contribution is -0.136. The molecule has 0 radical (unpaired) electrons. The highest BCUT2D eigenvalue weighted by Gasteiger charge is 2.52. The third-order valence-electron chi connectivity index (χ3n) is 6.13. The van der Waals surface area contributed by atoms with Gasteiger partial charge >= 0.3 is 6.03 Å². The number of nitrogens with zero attached hydrogens (tertiary/aromatic N) is 1. The van der Waals surface area contributed by atoms with E-state index >= 15 is 0 Å². The Morgan fingerprint density at radius 3 is 2.45 bits per heavy atom. The van der Waals surface area contributed by atoms with E-state index in [4.69, 9.17) is 0 Å². The van der Waals surface area contributed by atoms with E-state index in [1.165, 1.54) is 6.92 Å². The molecule has 1 aromatic carbocycles. The van der Waals surface area contributed by atoms with Gasteiger partial charge in [0.25, 0.3) is 5.91 Å². The summed E-state index contributed by atoms with van der Waals surface area (Å²) in [6.45, 7) is 2.79. The minimum Gasteiger partial charge on any atom is -0.344 e. The number of benzene rings is 1. The van der Waals surface area contributed by atoms with E-state index < -0.39 is 23.5 Å². The summed E-state index contributed by atoms with van der Waals surface area (Å²) in [5.74, 6) is -0.959. The molecule has 0 unspecified atom stereocenters. The highest BCUT2D eigenvalue weighted by Crippen LogP contribution is 2.36. The number of rotatable bonds is 7. The van der Waals surface area contributed by atoms with E-state index in [2.05, 4.69) is 10.6 Å². The van der Waals surface area contributed by atoms with Gasteiger partial charge in [-0.05, 0) is 44.6 Å². The van der Waals surface area contributed by atoms with Crippen molar-refractivity contribution < 1.29 is 19.2 Å². The van der Waals surface area contributed by atoms with E-state index in [1.54, 1.807) is 6.92 Å². The fraction of sp³-hybridized carbons (Fsp3) is 0.545. The topological polar surface area (TPSA) is 95.6 Å². The van der Waals surface area contributed by atoms with E-state index in [0.717, 1.165) is 42.6 Å². The van der Waals surface area contributed by atoms with Crippen LogP contribution < -0.4 is 10.6 Å². The van der Waals surface area contributed by atoms with Gasteiger partial charge in [0.05, 0.1) is 6.04 Å². The molecular formula is C22H29N3O4. The highest BCUT2D eigenvalue weighted by atomic mass is 16.2. The zero-order chi connectivity index (χ0) is 21.0. The maximum absolute atomic E-state index is 13.0. The molecule has 1 heterocycles. The SMILES string of the molecule is CC(=O)[C@H](Cc1ccccc1)NC(=O)CN1C(=O)N[C@](C)(C2CCCCC2)C1=O. The predicted octanol–water partition coefficient (Wildman–Crippen LogP) is 2.19. The smallest absolute Gasteiger partial charge is 0.325 e. The second-order valence-electron chi connectivity index (χ2n) is 8.28. The first kappa shape index (κ1) is 21.0. The molecule has 1 aliphatic carbocycles. The predicted molar refractivity (Wildman–Crippen MR) is 108 cm³/mol. The van der Waals surface area contributed by atoms with Crippen LogP contribution in [0.15, 0.2) is 30.3 Å². The molecule has 0 bridgehead atoms. The van der Waals surface area contributed by atoms with Crippen molar-refractivity contribution in [1.29, 1.82) is 0 Å². The molecule has 1 aromatic rings. The number of hydrogen-bond acceptors (Lipinski definition) is 4. The first-order chi connectivity index (χ1) is 13.8. The molecule has 2 fully saturated rings. The van der Waals surface area contributed by atoms with Crippen molar-refractivity contribution >= 4 is 23.6 Å². The van der Waals surface area contributed by atoms with Crippen molar-refractivity contribution in [3.8, 4) is 0 Å². The second kappa shape index (κ2) is 8.76. The summed E-state index contributed by atoms with van der Waals surface area (Å²) in [6, 6.07) is 8.15. The molecule has 0 aromatic heterocycles. The standard InChI is InChI=1S/C22H29N3O4/c1-15(26)18(13-16-9-5-3-6-10-16)23-19(27)14-25-20(28)22(2,24-21(25)29)17-11-7-4-8-12-17/h3,5-6,9-10,17-18H,4,7-8,11-14H2,1-2H3,(H,23,27)(H,24,29)/t18-,22+/m0/s1. The van der Waals surface area contributed by atoms with Crippen LogP contribution in [0.2, 0.25) is 0 Å². The number of amides is 4. The number of hydrogen-bond donors (Lipinski definition) is 2. The Hall–Kier alpha value is -2.70. The van der Waals surface area contributed by atoms with Crippen LogP contribution in [0.25, 0.3) is 0 Å². The Labute approximate surface area is 171 Å². The number of carbonyl (C=O) groups excluding carboxylic acids is 4. The monoisotopic (exact) mass is 399 g/mol. The molecule has 0 spiro atoms. The van der Waals surface area contributed by atoms with Gasteiger partial charge in [0, 0.05) is 0 Å². The molecule has 2 N–H and O–H groups in total. The molecule has 3 rings (SSSR count). The van der Waals surface area contributed by atoms with Crippen LogP contribution in [0.4, 0.5) is 4.79 Å². The molecule has 2 aliphatic rings. The van der Waals surface area contributed by atoms with Gasteiger partial charge in [-0.15, -0.1) is 0 Å². The Morgan fingerprint density at radius 1 is 1.17 bits per heavy atom. The quantitative estimate of drug-likeness (QED) is 0.687.